The van der Waals surface area contributed by atoms with Crippen LogP contribution >= 0.6 is 11.6 Å². The number of likely N-dealkylation sites (tertiary alicyclic amines) is 1. The molecule has 9 heteroatoms. The van der Waals surface area contributed by atoms with E-state index in [-0.39, 0.29) is 11.1 Å². The van der Waals surface area contributed by atoms with Gasteiger partial charge in [0.05, 0.1) is 17.6 Å². The Balaban J connectivity index is 1.65. The number of nitrogens with one attached hydrogen (secondary N) is 1. The van der Waals surface area contributed by atoms with Gasteiger partial charge in [0.2, 0.25) is 0 Å². The second kappa shape index (κ2) is 8.59. The van der Waals surface area contributed by atoms with Crippen LogP contribution in [0.5, 0.6) is 11.5 Å². The van der Waals surface area contributed by atoms with Crippen molar-refractivity contribution < 1.29 is 13.9 Å². The Morgan fingerprint density at radius 3 is 2.70 bits per heavy atom. The Kier molecular flexibility index (Phi) is 5.72. The molecule has 0 unspecified atom stereocenters. The zero-order valence-electron chi connectivity index (χ0n) is 16.2. The van der Waals surface area contributed by atoms with Crippen LogP contribution < -0.4 is 14.8 Å². The summed E-state index contributed by atoms with van der Waals surface area (Å²) in [6, 6.07) is 7.99. The molecule has 4 rings (SSSR count). The molecule has 0 atom stereocenters. The van der Waals surface area contributed by atoms with E-state index in [0.717, 1.165) is 18.2 Å². The molecule has 0 aliphatic carbocycles. The van der Waals surface area contributed by atoms with Crippen molar-refractivity contribution in [3.05, 3.63) is 47.5 Å². The molecule has 1 fully saturated rings. The number of halogens is 2. The number of aromatic nitrogens is 2. The lowest BCUT2D eigenvalue weighted by molar-refractivity contribution is 0.123. The standard InChI is InChI=1S/C21H19ClFN5O2/c1-29-19-10-18-15(9-20(19)30-14-4-6-28(11-24)7-5-14)21(26-12-25-18)27-13-2-3-17(23)16(22)8-13/h2-3,8-10,12,14H,4-7H2,1H3,(H,25,26,27). The van der Waals surface area contributed by atoms with Gasteiger partial charge in [0.15, 0.2) is 17.7 Å². The number of fused-ring (bicyclic) bond motifs is 1. The predicted molar refractivity (Wildman–Crippen MR) is 112 cm³/mol. The Morgan fingerprint density at radius 2 is 2.00 bits per heavy atom. The Hall–Kier alpha value is -3.31. The predicted octanol–water partition coefficient (Wildman–Crippen LogP) is 4.50. The van der Waals surface area contributed by atoms with Gasteiger partial charge in [-0.15, -0.1) is 0 Å². The highest BCUT2D eigenvalue weighted by Gasteiger charge is 2.22. The molecule has 154 valence electrons. The van der Waals surface area contributed by atoms with Crippen molar-refractivity contribution in [3.63, 3.8) is 0 Å². The molecule has 7 nitrogen and oxygen atoms in total. The summed E-state index contributed by atoms with van der Waals surface area (Å²) in [6.45, 7) is 1.33. The summed E-state index contributed by atoms with van der Waals surface area (Å²) < 4.78 is 25.2. The highest BCUT2D eigenvalue weighted by Crippen LogP contribution is 2.36. The molecule has 3 aromatic rings. The number of hydrogen-bond donors (Lipinski definition) is 1. The van der Waals surface area contributed by atoms with Crippen LogP contribution in [-0.2, 0) is 0 Å². The van der Waals surface area contributed by atoms with Crippen molar-refractivity contribution in [2.45, 2.75) is 18.9 Å². The van der Waals surface area contributed by atoms with Crippen LogP contribution in [0.25, 0.3) is 10.9 Å². The fraction of sp³-hybridized carbons (Fsp3) is 0.286. The molecule has 1 aliphatic rings. The van der Waals surface area contributed by atoms with E-state index in [1.807, 2.05) is 6.07 Å². The van der Waals surface area contributed by atoms with E-state index >= 15 is 0 Å². The summed E-state index contributed by atoms with van der Waals surface area (Å²) in [4.78, 5) is 10.4. The highest BCUT2D eigenvalue weighted by atomic mass is 35.5. The van der Waals surface area contributed by atoms with E-state index in [0.29, 0.717) is 41.6 Å². The van der Waals surface area contributed by atoms with Gasteiger partial charge >= 0.3 is 0 Å². The van der Waals surface area contributed by atoms with Gasteiger partial charge in [0, 0.05) is 43.1 Å². The zero-order valence-corrected chi connectivity index (χ0v) is 17.0. The lowest BCUT2D eigenvalue weighted by atomic mass is 10.1. The van der Waals surface area contributed by atoms with Crippen LogP contribution in [0.4, 0.5) is 15.9 Å². The first-order valence-electron chi connectivity index (χ1n) is 9.43. The number of piperidine rings is 1. The maximum atomic E-state index is 13.5. The monoisotopic (exact) mass is 427 g/mol. The van der Waals surface area contributed by atoms with Crippen molar-refractivity contribution >= 4 is 34.0 Å². The van der Waals surface area contributed by atoms with E-state index < -0.39 is 5.82 Å². The summed E-state index contributed by atoms with van der Waals surface area (Å²) in [6.07, 6.45) is 5.09. The molecule has 1 N–H and O–H groups in total. The molecule has 2 aromatic carbocycles. The van der Waals surface area contributed by atoms with Crippen LogP contribution in [0.2, 0.25) is 5.02 Å². The Labute approximate surface area is 178 Å². The van der Waals surface area contributed by atoms with Gasteiger partial charge in [-0.1, -0.05) is 11.6 Å². The zero-order chi connectivity index (χ0) is 21.1. The van der Waals surface area contributed by atoms with Crippen LogP contribution in [0.15, 0.2) is 36.7 Å². The molecule has 30 heavy (non-hydrogen) atoms. The molecule has 0 spiro atoms. The maximum Gasteiger partial charge on any atom is 0.179 e. The number of anilines is 2. The van der Waals surface area contributed by atoms with Crippen LogP contribution in [-0.4, -0.2) is 41.2 Å². The summed E-state index contributed by atoms with van der Waals surface area (Å²) >= 11 is 5.88. The number of nitriles is 1. The first-order chi connectivity index (χ1) is 14.6. The topological polar surface area (TPSA) is 83.3 Å². The molecule has 1 aromatic heterocycles. The maximum absolute atomic E-state index is 13.5. The third-order valence-corrected chi connectivity index (χ3v) is 5.27. The number of methoxy groups -OCH3 is 1. The molecule has 0 radical (unpaired) electrons. The summed E-state index contributed by atoms with van der Waals surface area (Å²) in [5.74, 6) is 1.20. The second-order valence-corrected chi connectivity index (χ2v) is 7.31. The molecule has 0 amide bonds. The van der Waals surface area contributed by atoms with Crippen molar-refractivity contribution in [1.29, 1.82) is 5.26 Å². The third kappa shape index (κ3) is 4.16. The van der Waals surface area contributed by atoms with Crippen molar-refractivity contribution in [2.24, 2.45) is 0 Å². The molecule has 1 aliphatic heterocycles. The minimum Gasteiger partial charge on any atom is -0.493 e. The lowest BCUT2D eigenvalue weighted by Crippen LogP contribution is -2.35. The highest BCUT2D eigenvalue weighted by molar-refractivity contribution is 6.31. The van der Waals surface area contributed by atoms with E-state index in [1.165, 1.54) is 18.5 Å². The summed E-state index contributed by atoms with van der Waals surface area (Å²) in [5.41, 5.74) is 1.27. The van der Waals surface area contributed by atoms with Gasteiger partial charge in [-0.3, -0.25) is 0 Å². The van der Waals surface area contributed by atoms with Crippen molar-refractivity contribution in [1.82, 2.24) is 14.9 Å². The van der Waals surface area contributed by atoms with Gasteiger partial charge in [-0.2, -0.15) is 5.26 Å². The number of benzene rings is 2. The number of nitrogens with zero attached hydrogens (tertiary/aromatic N) is 4. The van der Waals surface area contributed by atoms with Gasteiger partial charge in [0.1, 0.15) is 24.1 Å². The van der Waals surface area contributed by atoms with Crippen molar-refractivity contribution in [3.8, 4) is 17.7 Å². The van der Waals surface area contributed by atoms with Gasteiger partial charge in [0.25, 0.3) is 0 Å². The molecule has 0 bridgehead atoms. The number of rotatable bonds is 5. The average Bonchev–Trinajstić information content (AvgIpc) is 2.77. The van der Waals surface area contributed by atoms with E-state index in [2.05, 4.69) is 21.5 Å². The third-order valence-electron chi connectivity index (χ3n) is 4.98. The number of hydrogen-bond acceptors (Lipinski definition) is 7. The average molecular weight is 428 g/mol. The Bertz CT molecular complexity index is 1110. The normalized spacial score (nSPS) is 14.4. The largest absolute Gasteiger partial charge is 0.493 e. The summed E-state index contributed by atoms with van der Waals surface area (Å²) in [7, 11) is 1.58. The van der Waals surface area contributed by atoms with Crippen LogP contribution in [0.3, 0.4) is 0 Å². The smallest absolute Gasteiger partial charge is 0.179 e. The minimum atomic E-state index is -0.488. The molecular weight excluding hydrogens is 409 g/mol. The second-order valence-electron chi connectivity index (χ2n) is 6.90. The van der Waals surface area contributed by atoms with E-state index in [9.17, 15) is 4.39 Å². The van der Waals surface area contributed by atoms with E-state index in [4.69, 9.17) is 26.3 Å². The fourth-order valence-corrected chi connectivity index (χ4v) is 3.56. The Morgan fingerprint density at radius 1 is 1.20 bits per heavy atom. The van der Waals surface area contributed by atoms with Gasteiger partial charge in [-0.25, -0.2) is 14.4 Å². The number of ether oxygens (including phenoxy) is 2. The minimum absolute atomic E-state index is 0.0158. The molecule has 1 saturated heterocycles. The quantitative estimate of drug-likeness (QED) is 0.600. The van der Waals surface area contributed by atoms with Crippen LogP contribution in [0.1, 0.15) is 12.8 Å². The fourth-order valence-electron chi connectivity index (χ4n) is 3.38. The SMILES string of the molecule is COc1cc2ncnc(Nc3ccc(F)c(Cl)c3)c2cc1OC1CCN(C#N)CC1. The lowest BCUT2D eigenvalue weighted by Gasteiger charge is -2.29. The first kappa shape index (κ1) is 20.0. The van der Waals surface area contributed by atoms with Gasteiger partial charge in [-0.05, 0) is 24.3 Å². The first-order valence-corrected chi connectivity index (χ1v) is 9.81. The summed E-state index contributed by atoms with van der Waals surface area (Å²) in [5, 5.41) is 12.9. The van der Waals surface area contributed by atoms with Crippen molar-refractivity contribution in [2.75, 3.05) is 25.5 Å². The molecular formula is C21H19ClFN5O2. The van der Waals surface area contributed by atoms with Gasteiger partial charge < -0.3 is 19.7 Å². The molecule has 2 heterocycles. The molecule has 0 saturated carbocycles. The van der Waals surface area contributed by atoms with Crippen LogP contribution in [0, 0.1) is 17.3 Å². The van der Waals surface area contributed by atoms with E-state index in [1.54, 1.807) is 24.1 Å².